The summed E-state index contributed by atoms with van der Waals surface area (Å²) in [6, 6.07) is 7.97. The molecule has 3 heteroatoms. The van der Waals surface area contributed by atoms with Crippen molar-refractivity contribution in [3.05, 3.63) is 35.4 Å². The number of benzene rings is 1. The summed E-state index contributed by atoms with van der Waals surface area (Å²) in [7, 11) is 0. The molecule has 0 radical (unpaired) electrons. The van der Waals surface area contributed by atoms with Gasteiger partial charge in [-0.2, -0.15) is 0 Å². The predicted molar refractivity (Wildman–Crippen MR) is 78.7 cm³/mol. The Kier molecular flexibility index (Phi) is 4.61. The first kappa shape index (κ1) is 14.5. The van der Waals surface area contributed by atoms with E-state index in [9.17, 15) is 5.11 Å². The van der Waals surface area contributed by atoms with Gasteiger partial charge in [-0.05, 0) is 42.5 Å². The fraction of sp³-hybridized carbons (Fsp3) is 0.625. The summed E-state index contributed by atoms with van der Waals surface area (Å²) in [6.45, 7) is 8.12. The van der Waals surface area contributed by atoms with Crippen molar-refractivity contribution in [1.82, 2.24) is 4.90 Å². The molecule has 1 aliphatic rings. The van der Waals surface area contributed by atoms with Gasteiger partial charge in [0, 0.05) is 13.1 Å². The molecule has 1 saturated heterocycles. The lowest BCUT2D eigenvalue weighted by atomic mass is 9.82. The molecule has 0 aromatic heterocycles. The van der Waals surface area contributed by atoms with Crippen molar-refractivity contribution < 1.29 is 5.11 Å². The van der Waals surface area contributed by atoms with Gasteiger partial charge in [0.1, 0.15) is 0 Å². The largest absolute Gasteiger partial charge is 0.387 e. The highest BCUT2D eigenvalue weighted by atomic mass is 16.3. The van der Waals surface area contributed by atoms with E-state index in [1.54, 1.807) is 0 Å². The van der Waals surface area contributed by atoms with Gasteiger partial charge in [-0.15, -0.1) is 0 Å². The highest BCUT2D eigenvalue weighted by Gasteiger charge is 2.26. The number of rotatable bonds is 4. The number of hydrogen-bond acceptors (Lipinski definition) is 3. The molecule has 0 amide bonds. The molecule has 1 fully saturated rings. The third kappa shape index (κ3) is 4.03. The zero-order valence-electron chi connectivity index (χ0n) is 12.1. The summed E-state index contributed by atoms with van der Waals surface area (Å²) in [5.41, 5.74) is 8.14. The SMILES string of the molecule is CC1(C)CCN(CC(O)c2ccc(CN)cc2)CC1. The number of nitrogens with zero attached hydrogens (tertiary/aromatic N) is 1. The second-order valence-electron chi connectivity index (χ2n) is 6.43. The predicted octanol–water partition coefficient (Wildman–Crippen LogP) is 2.30. The third-order valence-corrected chi connectivity index (χ3v) is 4.24. The molecule has 0 saturated carbocycles. The lowest BCUT2D eigenvalue weighted by Crippen LogP contribution is -2.39. The molecule has 0 aliphatic carbocycles. The molecule has 3 N–H and O–H groups in total. The smallest absolute Gasteiger partial charge is 0.0916 e. The van der Waals surface area contributed by atoms with E-state index in [1.807, 2.05) is 24.3 Å². The number of β-amino-alcohol motifs (C(OH)–C–C–N with tert-alkyl or cyclic N) is 1. The molecule has 1 aromatic rings. The topological polar surface area (TPSA) is 49.5 Å². The molecular formula is C16H26N2O. The van der Waals surface area contributed by atoms with Gasteiger partial charge < -0.3 is 15.7 Å². The molecule has 19 heavy (non-hydrogen) atoms. The Hall–Kier alpha value is -0.900. The van der Waals surface area contributed by atoms with Gasteiger partial charge in [0.25, 0.3) is 0 Å². The average molecular weight is 262 g/mol. The monoisotopic (exact) mass is 262 g/mol. The van der Waals surface area contributed by atoms with Gasteiger partial charge in [-0.25, -0.2) is 0 Å². The second kappa shape index (κ2) is 6.04. The van der Waals surface area contributed by atoms with Crippen LogP contribution in [0.1, 0.15) is 43.9 Å². The first-order chi connectivity index (χ1) is 9.00. The highest BCUT2D eigenvalue weighted by molar-refractivity contribution is 5.24. The van der Waals surface area contributed by atoms with Crippen LogP contribution in [-0.4, -0.2) is 29.6 Å². The Morgan fingerprint density at radius 1 is 1.21 bits per heavy atom. The van der Waals surface area contributed by atoms with Crippen molar-refractivity contribution >= 4 is 0 Å². The Labute approximate surface area is 116 Å². The lowest BCUT2D eigenvalue weighted by Gasteiger charge is -2.37. The molecule has 0 spiro atoms. The molecule has 2 rings (SSSR count). The van der Waals surface area contributed by atoms with Crippen LogP contribution in [0.3, 0.4) is 0 Å². The van der Waals surface area contributed by atoms with E-state index in [1.165, 1.54) is 12.8 Å². The fourth-order valence-corrected chi connectivity index (χ4v) is 2.57. The maximum Gasteiger partial charge on any atom is 0.0916 e. The van der Waals surface area contributed by atoms with Crippen molar-refractivity contribution in [1.29, 1.82) is 0 Å². The van der Waals surface area contributed by atoms with Crippen LogP contribution in [0, 0.1) is 5.41 Å². The Bertz CT molecular complexity index is 390. The number of aliphatic hydroxyl groups is 1. The summed E-state index contributed by atoms with van der Waals surface area (Å²) >= 11 is 0. The Morgan fingerprint density at radius 2 is 1.79 bits per heavy atom. The second-order valence-corrected chi connectivity index (χ2v) is 6.43. The minimum Gasteiger partial charge on any atom is -0.387 e. The van der Waals surface area contributed by atoms with Gasteiger partial charge in [0.2, 0.25) is 0 Å². The van der Waals surface area contributed by atoms with Crippen LogP contribution in [0.25, 0.3) is 0 Å². The van der Waals surface area contributed by atoms with Gasteiger partial charge in [0.15, 0.2) is 0 Å². The maximum atomic E-state index is 10.3. The summed E-state index contributed by atoms with van der Waals surface area (Å²) in [4.78, 5) is 2.37. The normalized spacial score (nSPS) is 21.3. The summed E-state index contributed by atoms with van der Waals surface area (Å²) in [5.74, 6) is 0. The lowest BCUT2D eigenvalue weighted by molar-refractivity contribution is 0.0703. The van der Waals surface area contributed by atoms with Gasteiger partial charge in [-0.1, -0.05) is 38.1 Å². The molecule has 1 heterocycles. The van der Waals surface area contributed by atoms with Gasteiger partial charge in [-0.3, -0.25) is 0 Å². The molecule has 1 atom stereocenters. The Balaban J connectivity index is 1.88. The quantitative estimate of drug-likeness (QED) is 0.875. The molecule has 1 aliphatic heterocycles. The zero-order chi connectivity index (χ0) is 13.9. The van der Waals surface area contributed by atoms with Crippen molar-refractivity contribution in [2.75, 3.05) is 19.6 Å². The molecule has 1 aromatic carbocycles. The summed E-state index contributed by atoms with van der Waals surface area (Å²) < 4.78 is 0. The first-order valence-electron chi connectivity index (χ1n) is 7.19. The number of likely N-dealkylation sites (tertiary alicyclic amines) is 1. The van der Waals surface area contributed by atoms with E-state index in [4.69, 9.17) is 5.73 Å². The molecule has 106 valence electrons. The highest BCUT2D eigenvalue weighted by Crippen LogP contribution is 2.30. The van der Waals surface area contributed by atoms with Crippen LogP contribution in [0.4, 0.5) is 0 Å². The maximum absolute atomic E-state index is 10.3. The van der Waals surface area contributed by atoms with E-state index in [0.717, 1.165) is 30.8 Å². The van der Waals surface area contributed by atoms with E-state index in [2.05, 4.69) is 18.7 Å². The number of hydrogen-bond donors (Lipinski definition) is 2. The van der Waals surface area contributed by atoms with Crippen molar-refractivity contribution in [2.45, 2.75) is 39.3 Å². The molecular weight excluding hydrogens is 236 g/mol. The summed E-state index contributed by atoms with van der Waals surface area (Å²) in [6.07, 6.45) is 2.03. The fourth-order valence-electron chi connectivity index (χ4n) is 2.57. The van der Waals surface area contributed by atoms with E-state index >= 15 is 0 Å². The minimum absolute atomic E-state index is 0.395. The number of piperidine rings is 1. The van der Waals surface area contributed by atoms with Crippen LogP contribution in [0.15, 0.2) is 24.3 Å². The average Bonchev–Trinajstić information content (AvgIpc) is 2.41. The number of nitrogens with two attached hydrogens (primary N) is 1. The summed E-state index contributed by atoms with van der Waals surface area (Å²) in [5, 5.41) is 10.3. The molecule has 3 nitrogen and oxygen atoms in total. The zero-order valence-corrected chi connectivity index (χ0v) is 12.1. The molecule has 1 unspecified atom stereocenters. The first-order valence-corrected chi connectivity index (χ1v) is 7.19. The number of aliphatic hydroxyl groups excluding tert-OH is 1. The molecule has 0 bridgehead atoms. The van der Waals surface area contributed by atoms with Crippen LogP contribution in [-0.2, 0) is 6.54 Å². The van der Waals surface area contributed by atoms with Crippen LogP contribution < -0.4 is 5.73 Å². The van der Waals surface area contributed by atoms with Crippen LogP contribution in [0.5, 0.6) is 0 Å². The van der Waals surface area contributed by atoms with E-state index in [-0.39, 0.29) is 0 Å². The van der Waals surface area contributed by atoms with Gasteiger partial charge >= 0.3 is 0 Å². The third-order valence-electron chi connectivity index (χ3n) is 4.24. The minimum atomic E-state index is -0.395. The standard InChI is InChI=1S/C16H26N2O/c1-16(2)7-9-18(10-8-16)12-15(19)14-5-3-13(11-17)4-6-14/h3-6,15,19H,7-12,17H2,1-2H3. The van der Waals surface area contributed by atoms with Crippen molar-refractivity contribution in [3.63, 3.8) is 0 Å². The van der Waals surface area contributed by atoms with Crippen molar-refractivity contribution in [3.8, 4) is 0 Å². The van der Waals surface area contributed by atoms with E-state index in [0.29, 0.717) is 12.0 Å². The van der Waals surface area contributed by atoms with E-state index < -0.39 is 6.10 Å². The van der Waals surface area contributed by atoms with Gasteiger partial charge in [0.05, 0.1) is 6.10 Å². The van der Waals surface area contributed by atoms with Crippen molar-refractivity contribution in [2.24, 2.45) is 11.1 Å². The van der Waals surface area contributed by atoms with Crippen LogP contribution in [0.2, 0.25) is 0 Å². The Morgan fingerprint density at radius 3 is 2.32 bits per heavy atom. The van der Waals surface area contributed by atoms with Crippen LogP contribution >= 0.6 is 0 Å².